The Morgan fingerprint density at radius 1 is 1.32 bits per heavy atom. The number of fused-ring (bicyclic) bond motifs is 1. The van der Waals surface area contributed by atoms with Gasteiger partial charge in [-0.3, -0.25) is 10.1 Å². The monoisotopic (exact) mass is 322 g/mol. The maximum atomic E-state index is 11.2. The van der Waals surface area contributed by atoms with Gasteiger partial charge in [-0.2, -0.15) is 0 Å². The number of thioether (sulfide) groups is 1. The number of hydrogen-bond acceptors (Lipinski definition) is 6. The number of ether oxygens (including phenoxy) is 2. The summed E-state index contributed by atoms with van der Waals surface area (Å²) in [5, 5.41) is 11.2. The molecule has 1 aliphatic carbocycles. The zero-order chi connectivity index (χ0) is 15.2. The van der Waals surface area contributed by atoms with Crippen LogP contribution >= 0.6 is 11.8 Å². The first kappa shape index (κ1) is 14.3. The van der Waals surface area contributed by atoms with Crippen LogP contribution in [0.4, 0.5) is 0 Å². The van der Waals surface area contributed by atoms with E-state index in [-0.39, 0.29) is 22.4 Å². The molecule has 7 heteroatoms. The summed E-state index contributed by atoms with van der Waals surface area (Å²) in [7, 11) is 0. The maximum absolute atomic E-state index is 11.2. The lowest BCUT2D eigenvalue weighted by Gasteiger charge is -2.41. The van der Waals surface area contributed by atoms with Crippen LogP contribution in [0, 0.1) is 10.1 Å². The molecule has 1 spiro atoms. The van der Waals surface area contributed by atoms with E-state index in [0.717, 1.165) is 42.0 Å². The van der Waals surface area contributed by atoms with Crippen LogP contribution in [0.5, 0.6) is 0 Å². The molecule has 4 aliphatic rings. The van der Waals surface area contributed by atoms with Crippen molar-refractivity contribution in [1.82, 2.24) is 4.90 Å². The highest BCUT2D eigenvalue weighted by Crippen LogP contribution is 2.43. The van der Waals surface area contributed by atoms with Crippen LogP contribution in [0.15, 0.2) is 34.7 Å². The van der Waals surface area contributed by atoms with Gasteiger partial charge in [-0.1, -0.05) is 0 Å². The summed E-state index contributed by atoms with van der Waals surface area (Å²) < 4.78 is 11.5. The fourth-order valence-corrected chi connectivity index (χ4v) is 4.59. The molecule has 3 aliphatic heterocycles. The van der Waals surface area contributed by atoms with Gasteiger partial charge in [0.15, 0.2) is 5.79 Å². The minimum atomic E-state index is -0.389. The molecule has 0 amide bonds. The summed E-state index contributed by atoms with van der Waals surface area (Å²) >= 11 is 1.67. The molecular weight excluding hydrogens is 304 g/mol. The fourth-order valence-electron chi connectivity index (χ4n) is 3.62. The van der Waals surface area contributed by atoms with Gasteiger partial charge in [0.25, 0.3) is 5.70 Å². The molecule has 0 radical (unpaired) electrons. The number of nitrogens with zero attached hydrogens (tertiary/aromatic N) is 2. The lowest BCUT2D eigenvalue weighted by atomic mass is 9.88. The van der Waals surface area contributed by atoms with Crippen LogP contribution in [-0.4, -0.2) is 40.6 Å². The molecule has 4 rings (SSSR count). The first-order valence-corrected chi connectivity index (χ1v) is 8.63. The van der Waals surface area contributed by atoms with E-state index >= 15 is 0 Å². The third-order valence-electron chi connectivity index (χ3n) is 4.73. The van der Waals surface area contributed by atoms with Crippen molar-refractivity contribution in [2.45, 2.75) is 37.5 Å². The highest BCUT2D eigenvalue weighted by atomic mass is 32.2. The van der Waals surface area contributed by atoms with Gasteiger partial charge in [-0.05, 0) is 18.9 Å². The van der Waals surface area contributed by atoms with Gasteiger partial charge in [-0.25, -0.2) is 0 Å². The van der Waals surface area contributed by atoms with E-state index in [1.807, 2.05) is 0 Å². The average molecular weight is 322 g/mol. The van der Waals surface area contributed by atoms with Crippen molar-refractivity contribution in [3.8, 4) is 0 Å². The first-order chi connectivity index (χ1) is 10.7. The molecule has 6 nitrogen and oxygen atoms in total. The molecule has 1 saturated heterocycles. The standard InChI is InChI=1S/C15H18N2O4S/c18-17(19)12-9-14-13(3-8-22-14)16(10-12)11-1-4-15(5-2-11)20-6-7-21-15/h3,9-11H,1-2,4-8H2. The molecule has 118 valence electrons. The van der Waals surface area contributed by atoms with Crippen molar-refractivity contribution in [2.24, 2.45) is 0 Å². The Labute approximate surface area is 133 Å². The molecule has 0 atom stereocenters. The molecule has 2 fully saturated rings. The molecule has 3 heterocycles. The lowest BCUT2D eigenvalue weighted by molar-refractivity contribution is -0.420. The van der Waals surface area contributed by atoms with Crippen LogP contribution in [-0.2, 0) is 9.47 Å². The largest absolute Gasteiger partial charge is 0.348 e. The molecule has 22 heavy (non-hydrogen) atoms. The predicted molar refractivity (Wildman–Crippen MR) is 82.4 cm³/mol. The van der Waals surface area contributed by atoms with E-state index in [2.05, 4.69) is 11.0 Å². The van der Waals surface area contributed by atoms with Crippen molar-refractivity contribution in [2.75, 3.05) is 19.0 Å². The predicted octanol–water partition coefficient (Wildman–Crippen LogP) is 2.62. The van der Waals surface area contributed by atoms with Gasteiger partial charge >= 0.3 is 0 Å². The summed E-state index contributed by atoms with van der Waals surface area (Å²) in [5.41, 5.74) is 1.31. The summed E-state index contributed by atoms with van der Waals surface area (Å²) in [6.07, 6.45) is 9.11. The van der Waals surface area contributed by atoms with E-state index in [1.165, 1.54) is 0 Å². The van der Waals surface area contributed by atoms with Gasteiger partial charge in [0.2, 0.25) is 0 Å². The van der Waals surface area contributed by atoms with Crippen molar-refractivity contribution >= 4 is 11.8 Å². The zero-order valence-corrected chi connectivity index (χ0v) is 13.0. The first-order valence-electron chi connectivity index (χ1n) is 7.64. The van der Waals surface area contributed by atoms with E-state index in [9.17, 15) is 10.1 Å². The van der Waals surface area contributed by atoms with Crippen molar-refractivity contribution in [3.05, 3.63) is 44.8 Å². The lowest BCUT2D eigenvalue weighted by Crippen LogP contribution is -2.42. The van der Waals surface area contributed by atoms with E-state index in [0.29, 0.717) is 13.2 Å². The van der Waals surface area contributed by atoms with Crippen LogP contribution in [0.2, 0.25) is 0 Å². The van der Waals surface area contributed by atoms with Gasteiger partial charge < -0.3 is 14.4 Å². The summed E-state index contributed by atoms with van der Waals surface area (Å²) in [6, 6.07) is 0.280. The van der Waals surface area contributed by atoms with Gasteiger partial charge in [0.05, 0.1) is 30.0 Å². The highest BCUT2D eigenvalue weighted by Gasteiger charge is 2.42. The fraction of sp³-hybridized carbons (Fsp3) is 0.600. The second-order valence-electron chi connectivity index (χ2n) is 5.97. The number of nitro groups is 1. The Morgan fingerprint density at radius 3 is 2.73 bits per heavy atom. The van der Waals surface area contributed by atoms with E-state index in [4.69, 9.17) is 9.47 Å². The Bertz CT molecular complexity index is 582. The Morgan fingerprint density at radius 2 is 2.05 bits per heavy atom. The van der Waals surface area contributed by atoms with Gasteiger partial charge in [0.1, 0.15) is 0 Å². The molecule has 0 N–H and O–H groups in total. The van der Waals surface area contributed by atoms with Gasteiger partial charge in [-0.15, -0.1) is 11.8 Å². The summed E-state index contributed by atoms with van der Waals surface area (Å²) in [4.78, 5) is 14.0. The van der Waals surface area contributed by atoms with Crippen LogP contribution < -0.4 is 0 Å². The zero-order valence-electron chi connectivity index (χ0n) is 12.2. The van der Waals surface area contributed by atoms with E-state index in [1.54, 1.807) is 24.0 Å². The van der Waals surface area contributed by atoms with Crippen LogP contribution in [0.3, 0.4) is 0 Å². The van der Waals surface area contributed by atoms with Crippen LogP contribution in [0.25, 0.3) is 0 Å². The van der Waals surface area contributed by atoms with Crippen LogP contribution in [0.1, 0.15) is 25.7 Å². The highest BCUT2D eigenvalue weighted by molar-refractivity contribution is 8.03. The van der Waals surface area contributed by atoms with Gasteiger partial charge in [0, 0.05) is 35.6 Å². The minimum absolute atomic E-state index is 0.176. The van der Waals surface area contributed by atoms with Crippen molar-refractivity contribution < 1.29 is 14.4 Å². The second kappa shape index (κ2) is 5.40. The number of hydrogen-bond donors (Lipinski definition) is 0. The minimum Gasteiger partial charge on any atom is -0.348 e. The Balaban J connectivity index is 1.54. The Kier molecular flexibility index (Phi) is 3.51. The molecule has 0 unspecified atom stereocenters. The molecule has 0 aromatic heterocycles. The molecule has 0 bridgehead atoms. The molecule has 1 saturated carbocycles. The average Bonchev–Trinajstić information content (AvgIpc) is 3.16. The van der Waals surface area contributed by atoms with Crippen molar-refractivity contribution in [3.63, 3.8) is 0 Å². The number of rotatable bonds is 2. The Hall–Kier alpha value is -1.31. The van der Waals surface area contributed by atoms with Crippen molar-refractivity contribution in [1.29, 1.82) is 0 Å². The normalized spacial score (nSPS) is 27.5. The summed E-state index contributed by atoms with van der Waals surface area (Å²) in [6.45, 7) is 1.35. The third kappa shape index (κ3) is 2.37. The quantitative estimate of drug-likeness (QED) is 0.575. The maximum Gasteiger partial charge on any atom is 0.286 e. The van der Waals surface area contributed by atoms with E-state index < -0.39 is 0 Å². The smallest absolute Gasteiger partial charge is 0.286 e. The SMILES string of the molecule is O=[N+]([O-])C1=CN(C2CCC3(CC2)OCCO3)C2=CCSC2=C1. The molecular formula is C15H18N2O4S. The number of allylic oxidation sites excluding steroid dienone is 1. The topological polar surface area (TPSA) is 64.8 Å². The second-order valence-corrected chi connectivity index (χ2v) is 7.03. The molecule has 0 aromatic carbocycles. The summed E-state index contributed by atoms with van der Waals surface area (Å²) in [5.74, 6) is 0.499. The molecule has 0 aromatic rings. The third-order valence-corrected chi connectivity index (χ3v) is 5.70.